The van der Waals surface area contributed by atoms with Crippen molar-refractivity contribution in [1.82, 2.24) is 4.90 Å². The van der Waals surface area contributed by atoms with Crippen LogP contribution in [0.2, 0.25) is 0 Å². The minimum Gasteiger partial charge on any atom is -0.466 e. The van der Waals surface area contributed by atoms with Crippen LogP contribution in [-0.4, -0.2) is 30.6 Å². The molecular formula is C18H27NO2. The molecule has 0 amide bonds. The van der Waals surface area contributed by atoms with Gasteiger partial charge in [-0.15, -0.1) is 0 Å². The molecule has 21 heavy (non-hydrogen) atoms. The van der Waals surface area contributed by atoms with Crippen molar-refractivity contribution in [3.63, 3.8) is 0 Å². The van der Waals surface area contributed by atoms with Crippen LogP contribution in [0, 0.1) is 20.8 Å². The lowest BCUT2D eigenvalue weighted by atomic mass is 9.93. The SMILES string of the molecule is CCOC(=O)CC(c1cc(C)c(C)cc1C)N1CCCC1. The maximum absolute atomic E-state index is 12.0. The first-order chi connectivity index (χ1) is 10.0. The molecule has 0 saturated carbocycles. The largest absolute Gasteiger partial charge is 0.466 e. The van der Waals surface area contributed by atoms with E-state index in [2.05, 4.69) is 37.8 Å². The normalized spacial score (nSPS) is 17.0. The minimum absolute atomic E-state index is 0.0907. The van der Waals surface area contributed by atoms with E-state index < -0.39 is 0 Å². The number of esters is 1. The van der Waals surface area contributed by atoms with E-state index >= 15 is 0 Å². The summed E-state index contributed by atoms with van der Waals surface area (Å²) < 4.78 is 5.18. The second-order valence-electron chi connectivity index (χ2n) is 6.06. The Balaban J connectivity index is 2.30. The molecule has 0 aliphatic carbocycles. The fraction of sp³-hybridized carbons (Fsp3) is 0.611. The molecule has 1 aliphatic heterocycles. The van der Waals surface area contributed by atoms with Crippen LogP contribution in [0.25, 0.3) is 0 Å². The average Bonchev–Trinajstić information content (AvgIpc) is 2.95. The van der Waals surface area contributed by atoms with E-state index in [-0.39, 0.29) is 12.0 Å². The summed E-state index contributed by atoms with van der Waals surface area (Å²) in [6, 6.07) is 4.65. The topological polar surface area (TPSA) is 29.5 Å². The molecule has 2 rings (SSSR count). The first kappa shape index (κ1) is 16.0. The fourth-order valence-electron chi connectivity index (χ4n) is 3.21. The zero-order valence-corrected chi connectivity index (χ0v) is 13.7. The van der Waals surface area contributed by atoms with Gasteiger partial charge in [0.25, 0.3) is 0 Å². The summed E-state index contributed by atoms with van der Waals surface area (Å²) in [5.74, 6) is -0.0907. The molecule has 1 aliphatic rings. The Morgan fingerprint density at radius 1 is 1.14 bits per heavy atom. The number of hydrogen-bond donors (Lipinski definition) is 0. The maximum atomic E-state index is 12.0. The summed E-state index contributed by atoms with van der Waals surface area (Å²) in [6.07, 6.45) is 2.91. The van der Waals surface area contributed by atoms with Crippen LogP contribution in [0.4, 0.5) is 0 Å². The molecule has 0 bridgehead atoms. The zero-order chi connectivity index (χ0) is 15.4. The second-order valence-corrected chi connectivity index (χ2v) is 6.06. The number of carbonyl (C=O) groups is 1. The highest BCUT2D eigenvalue weighted by molar-refractivity contribution is 5.70. The third-order valence-electron chi connectivity index (χ3n) is 4.49. The highest BCUT2D eigenvalue weighted by Crippen LogP contribution is 2.32. The Morgan fingerprint density at radius 2 is 1.76 bits per heavy atom. The second kappa shape index (κ2) is 7.08. The number of rotatable bonds is 5. The van der Waals surface area contributed by atoms with Gasteiger partial charge in [0.05, 0.1) is 13.0 Å². The van der Waals surface area contributed by atoms with E-state index in [1.165, 1.54) is 35.1 Å². The number of aryl methyl sites for hydroxylation is 3. The van der Waals surface area contributed by atoms with Crippen molar-refractivity contribution in [2.45, 2.75) is 53.0 Å². The Morgan fingerprint density at radius 3 is 2.38 bits per heavy atom. The number of likely N-dealkylation sites (tertiary alicyclic amines) is 1. The summed E-state index contributed by atoms with van der Waals surface area (Å²) in [5, 5.41) is 0. The van der Waals surface area contributed by atoms with Crippen LogP contribution in [-0.2, 0) is 9.53 Å². The lowest BCUT2D eigenvalue weighted by Gasteiger charge is -2.29. The van der Waals surface area contributed by atoms with E-state index in [1.807, 2.05) is 6.92 Å². The number of hydrogen-bond acceptors (Lipinski definition) is 3. The van der Waals surface area contributed by atoms with Crippen molar-refractivity contribution in [2.24, 2.45) is 0 Å². The molecule has 1 atom stereocenters. The fourth-order valence-corrected chi connectivity index (χ4v) is 3.21. The zero-order valence-electron chi connectivity index (χ0n) is 13.7. The average molecular weight is 289 g/mol. The van der Waals surface area contributed by atoms with Crippen LogP contribution >= 0.6 is 0 Å². The van der Waals surface area contributed by atoms with Gasteiger partial charge in [-0.25, -0.2) is 0 Å². The standard InChI is InChI=1S/C18H27NO2/c1-5-21-18(20)12-17(19-8-6-7-9-19)16-11-14(3)13(2)10-15(16)4/h10-11,17H,5-9,12H2,1-4H3. The van der Waals surface area contributed by atoms with Crippen LogP contribution in [0.1, 0.15) is 54.5 Å². The Hall–Kier alpha value is -1.35. The van der Waals surface area contributed by atoms with Crippen molar-refractivity contribution in [3.05, 3.63) is 34.4 Å². The molecule has 3 nitrogen and oxygen atoms in total. The molecule has 1 saturated heterocycles. The molecule has 3 heteroatoms. The van der Waals surface area contributed by atoms with Crippen molar-refractivity contribution >= 4 is 5.97 Å². The monoisotopic (exact) mass is 289 g/mol. The number of nitrogens with zero attached hydrogens (tertiary/aromatic N) is 1. The maximum Gasteiger partial charge on any atom is 0.307 e. The molecule has 0 spiro atoms. The van der Waals surface area contributed by atoms with Crippen molar-refractivity contribution in [3.8, 4) is 0 Å². The lowest BCUT2D eigenvalue weighted by Crippen LogP contribution is -2.29. The Bertz CT molecular complexity index is 504. The van der Waals surface area contributed by atoms with Gasteiger partial charge in [-0.3, -0.25) is 9.69 Å². The van der Waals surface area contributed by atoms with Crippen molar-refractivity contribution in [2.75, 3.05) is 19.7 Å². The lowest BCUT2D eigenvalue weighted by molar-refractivity contribution is -0.144. The van der Waals surface area contributed by atoms with Gasteiger partial charge in [0, 0.05) is 6.04 Å². The van der Waals surface area contributed by atoms with Gasteiger partial charge in [-0.1, -0.05) is 12.1 Å². The Kier molecular flexibility index (Phi) is 5.40. The van der Waals surface area contributed by atoms with E-state index in [9.17, 15) is 4.79 Å². The van der Waals surface area contributed by atoms with E-state index in [0.29, 0.717) is 13.0 Å². The molecule has 1 aromatic rings. The van der Waals surface area contributed by atoms with Gasteiger partial charge in [-0.05, 0) is 75.9 Å². The molecule has 1 unspecified atom stereocenters. The number of ether oxygens (including phenoxy) is 1. The van der Waals surface area contributed by atoms with E-state index in [0.717, 1.165) is 13.1 Å². The summed E-state index contributed by atoms with van der Waals surface area (Å²) >= 11 is 0. The molecule has 116 valence electrons. The van der Waals surface area contributed by atoms with Gasteiger partial charge < -0.3 is 4.74 Å². The van der Waals surface area contributed by atoms with Crippen LogP contribution in [0.3, 0.4) is 0 Å². The van der Waals surface area contributed by atoms with Crippen LogP contribution in [0.5, 0.6) is 0 Å². The first-order valence-electron chi connectivity index (χ1n) is 8.00. The van der Waals surface area contributed by atoms with Gasteiger partial charge in [-0.2, -0.15) is 0 Å². The predicted molar refractivity (Wildman–Crippen MR) is 85.5 cm³/mol. The molecule has 0 aromatic heterocycles. The smallest absolute Gasteiger partial charge is 0.307 e. The molecule has 1 heterocycles. The molecule has 0 radical (unpaired) electrons. The minimum atomic E-state index is -0.0907. The quantitative estimate of drug-likeness (QED) is 0.774. The molecule has 1 aromatic carbocycles. The third-order valence-corrected chi connectivity index (χ3v) is 4.49. The highest BCUT2D eigenvalue weighted by Gasteiger charge is 2.27. The summed E-state index contributed by atoms with van der Waals surface area (Å²) in [4.78, 5) is 14.4. The van der Waals surface area contributed by atoms with Crippen LogP contribution in [0.15, 0.2) is 12.1 Å². The van der Waals surface area contributed by atoms with Crippen molar-refractivity contribution in [1.29, 1.82) is 0 Å². The predicted octanol–water partition coefficient (Wildman–Crippen LogP) is 3.70. The summed E-state index contributed by atoms with van der Waals surface area (Å²) in [7, 11) is 0. The van der Waals surface area contributed by atoms with Gasteiger partial charge >= 0.3 is 5.97 Å². The summed E-state index contributed by atoms with van der Waals surface area (Å²) in [6.45, 7) is 10.9. The number of carbonyl (C=O) groups excluding carboxylic acids is 1. The van der Waals surface area contributed by atoms with Gasteiger partial charge in [0.2, 0.25) is 0 Å². The molecule has 0 N–H and O–H groups in total. The third kappa shape index (κ3) is 3.85. The summed E-state index contributed by atoms with van der Waals surface area (Å²) in [5.41, 5.74) is 5.17. The Labute approximate surface area is 128 Å². The van der Waals surface area contributed by atoms with E-state index in [4.69, 9.17) is 4.74 Å². The molecule has 1 fully saturated rings. The van der Waals surface area contributed by atoms with Gasteiger partial charge in [0.1, 0.15) is 0 Å². The number of benzene rings is 1. The van der Waals surface area contributed by atoms with Crippen LogP contribution < -0.4 is 0 Å². The molecular weight excluding hydrogens is 262 g/mol. The van der Waals surface area contributed by atoms with E-state index in [1.54, 1.807) is 0 Å². The van der Waals surface area contributed by atoms with Crippen molar-refractivity contribution < 1.29 is 9.53 Å². The first-order valence-corrected chi connectivity index (χ1v) is 8.00. The van der Waals surface area contributed by atoms with Gasteiger partial charge in [0.15, 0.2) is 0 Å². The highest BCUT2D eigenvalue weighted by atomic mass is 16.5.